The number of nitrogens with one attached hydrogen (secondary N) is 1. The minimum Gasteiger partial charge on any atom is -0.489 e. The molecule has 1 heterocycles. The van der Waals surface area contributed by atoms with Gasteiger partial charge in [0.1, 0.15) is 23.9 Å². The van der Waals surface area contributed by atoms with E-state index >= 15 is 0 Å². The summed E-state index contributed by atoms with van der Waals surface area (Å²) in [6.45, 7) is 2.14. The van der Waals surface area contributed by atoms with Crippen molar-refractivity contribution in [3.63, 3.8) is 0 Å². The van der Waals surface area contributed by atoms with Gasteiger partial charge in [0, 0.05) is 13.0 Å². The predicted octanol–water partition coefficient (Wildman–Crippen LogP) is 3.97. The van der Waals surface area contributed by atoms with Crippen LogP contribution in [0.3, 0.4) is 0 Å². The molecule has 1 fully saturated rings. The number of amides is 2. The van der Waals surface area contributed by atoms with Crippen LogP contribution in [0.5, 0.6) is 11.5 Å². The van der Waals surface area contributed by atoms with Gasteiger partial charge in [0.05, 0.1) is 30.9 Å². The Morgan fingerprint density at radius 3 is 2.58 bits per heavy atom. The average molecular weight is 493 g/mol. The molecule has 1 aliphatic carbocycles. The largest absolute Gasteiger partial charge is 0.489 e. The molecular weight excluding hydrogens is 465 g/mol. The Hall–Kier alpha value is -2.20. The number of alkyl halides is 3. The Kier molecular flexibility index (Phi) is 8.33. The molecule has 33 heavy (non-hydrogen) atoms. The lowest BCUT2D eigenvalue weighted by molar-refractivity contribution is -0.141. The van der Waals surface area contributed by atoms with E-state index < -0.39 is 18.6 Å². The van der Waals surface area contributed by atoms with Crippen LogP contribution >= 0.6 is 11.6 Å². The molecule has 2 aliphatic rings. The van der Waals surface area contributed by atoms with Gasteiger partial charge in [-0.15, -0.1) is 0 Å². The SMILES string of the molecule is CC(=O)N[C@@H](C)CO[C@H]1CC[C@H](Oc2ccc3c(c2Cl)OCCN(CC(F)(F)F)C3=O)CC1. The summed E-state index contributed by atoms with van der Waals surface area (Å²) in [6.07, 6.45) is -1.53. The van der Waals surface area contributed by atoms with Gasteiger partial charge in [-0.05, 0) is 44.7 Å². The van der Waals surface area contributed by atoms with Crippen molar-refractivity contribution in [3.05, 3.63) is 22.7 Å². The Labute approximate surface area is 195 Å². The van der Waals surface area contributed by atoms with Crippen molar-refractivity contribution < 1.29 is 37.0 Å². The lowest BCUT2D eigenvalue weighted by Crippen LogP contribution is -2.39. The van der Waals surface area contributed by atoms with Gasteiger partial charge in [-0.1, -0.05) is 11.6 Å². The smallest absolute Gasteiger partial charge is 0.406 e. The molecule has 3 rings (SSSR count). The second kappa shape index (κ2) is 10.8. The highest BCUT2D eigenvalue weighted by Gasteiger charge is 2.36. The molecule has 7 nitrogen and oxygen atoms in total. The highest BCUT2D eigenvalue weighted by molar-refractivity contribution is 6.34. The van der Waals surface area contributed by atoms with E-state index in [1.807, 2.05) is 6.92 Å². The highest BCUT2D eigenvalue weighted by atomic mass is 35.5. The number of halogens is 4. The monoisotopic (exact) mass is 492 g/mol. The molecule has 1 saturated carbocycles. The lowest BCUT2D eigenvalue weighted by Gasteiger charge is -2.30. The van der Waals surface area contributed by atoms with E-state index in [1.54, 1.807) is 0 Å². The number of fused-ring (bicyclic) bond motifs is 1. The Morgan fingerprint density at radius 1 is 1.27 bits per heavy atom. The van der Waals surface area contributed by atoms with Crippen molar-refractivity contribution in [2.24, 2.45) is 0 Å². The summed E-state index contributed by atoms with van der Waals surface area (Å²) < 4.78 is 55.8. The minimum atomic E-state index is -4.50. The van der Waals surface area contributed by atoms with E-state index in [-0.39, 0.29) is 53.6 Å². The third kappa shape index (κ3) is 7.14. The van der Waals surface area contributed by atoms with Gasteiger partial charge in [-0.25, -0.2) is 0 Å². The minimum absolute atomic E-state index is 0.0144. The maximum atomic E-state index is 12.8. The summed E-state index contributed by atoms with van der Waals surface area (Å²) in [6, 6.07) is 2.83. The first-order valence-corrected chi connectivity index (χ1v) is 11.3. The van der Waals surface area contributed by atoms with Crippen LogP contribution < -0.4 is 14.8 Å². The number of carbonyl (C=O) groups is 2. The number of carbonyl (C=O) groups excluding carboxylic acids is 2. The van der Waals surface area contributed by atoms with Crippen molar-refractivity contribution in [1.29, 1.82) is 0 Å². The van der Waals surface area contributed by atoms with Gasteiger partial charge in [0.2, 0.25) is 5.91 Å². The first kappa shape index (κ1) is 25.4. The molecule has 2 amide bonds. The lowest BCUT2D eigenvalue weighted by atomic mass is 9.95. The number of rotatable bonds is 7. The van der Waals surface area contributed by atoms with Gasteiger partial charge in [0.25, 0.3) is 5.91 Å². The van der Waals surface area contributed by atoms with Crippen LogP contribution in [0.2, 0.25) is 5.02 Å². The molecule has 1 aromatic rings. The zero-order chi connectivity index (χ0) is 24.2. The van der Waals surface area contributed by atoms with Gasteiger partial charge >= 0.3 is 6.18 Å². The van der Waals surface area contributed by atoms with E-state index in [0.717, 1.165) is 25.7 Å². The van der Waals surface area contributed by atoms with E-state index in [9.17, 15) is 22.8 Å². The molecule has 1 atom stereocenters. The van der Waals surface area contributed by atoms with Crippen molar-refractivity contribution in [2.45, 2.75) is 64.0 Å². The number of nitrogens with zero attached hydrogens (tertiary/aromatic N) is 1. The van der Waals surface area contributed by atoms with E-state index in [1.165, 1.54) is 19.1 Å². The maximum absolute atomic E-state index is 12.8. The molecule has 0 radical (unpaired) electrons. The van der Waals surface area contributed by atoms with Gasteiger partial charge in [0.15, 0.2) is 5.75 Å². The molecule has 184 valence electrons. The number of hydrogen-bond donors (Lipinski definition) is 1. The molecule has 0 saturated heterocycles. The van der Waals surface area contributed by atoms with Crippen molar-refractivity contribution in [2.75, 3.05) is 26.3 Å². The van der Waals surface area contributed by atoms with Gasteiger partial charge in [-0.2, -0.15) is 13.2 Å². The van der Waals surface area contributed by atoms with Crippen molar-refractivity contribution >= 4 is 23.4 Å². The van der Waals surface area contributed by atoms with Crippen LogP contribution in [0.1, 0.15) is 49.9 Å². The quantitative estimate of drug-likeness (QED) is 0.623. The first-order chi connectivity index (χ1) is 15.5. The van der Waals surface area contributed by atoms with Gasteiger partial charge in [-0.3, -0.25) is 9.59 Å². The van der Waals surface area contributed by atoms with Crippen LogP contribution in [0.15, 0.2) is 12.1 Å². The fraction of sp³-hybridized carbons (Fsp3) is 0.636. The number of ether oxygens (including phenoxy) is 3. The second-order valence-corrected chi connectivity index (χ2v) is 8.77. The topological polar surface area (TPSA) is 77.1 Å². The second-order valence-electron chi connectivity index (χ2n) is 8.40. The number of benzene rings is 1. The Bertz CT molecular complexity index is 859. The Morgan fingerprint density at radius 2 is 1.94 bits per heavy atom. The summed E-state index contributed by atoms with van der Waals surface area (Å²) in [5.41, 5.74) is -0.0144. The van der Waals surface area contributed by atoms with E-state index in [2.05, 4.69) is 5.32 Å². The molecular formula is C22H28ClF3N2O5. The zero-order valence-corrected chi connectivity index (χ0v) is 19.3. The molecule has 0 bridgehead atoms. The normalized spacial score (nSPS) is 22.1. The average Bonchev–Trinajstić information content (AvgIpc) is 2.87. The summed E-state index contributed by atoms with van der Waals surface area (Å²) in [7, 11) is 0. The highest BCUT2D eigenvalue weighted by Crippen LogP contribution is 2.40. The third-order valence-corrected chi connectivity index (χ3v) is 5.86. The Balaban J connectivity index is 1.57. The van der Waals surface area contributed by atoms with Crippen molar-refractivity contribution in [3.8, 4) is 11.5 Å². The fourth-order valence-electron chi connectivity index (χ4n) is 4.00. The molecule has 1 N–H and O–H groups in total. The fourth-order valence-corrected chi connectivity index (χ4v) is 4.26. The van der Waals surface area contributed by atoms with Crippen molar-refractivity contribution in [1.82, 2.24) is 10.2 Å². The van der Waals surface area contributed by atoms with E-state index in [4.69, 9.17) is 25.8 Å². The molecule has 11 heteroatoms. The molecule has 0 unspecified atom stereocenters. The van der Waals surface area contributed by atoms with Gasteiger partial charge < -0.3 is 24.4 Å². The molecule has 1 aromatic carbocycles. The zero-order valence-electron chi connectivity index (χ0n) is 18.5. The molecule has 0 aromatic heterocycles. The molecule has 1 aliphatic heterocycles. The summed E-state index contributed by atoms with van der Waals surface area (Å²) in [4.78, 5) is 24.4. The number of hydrogen-bond acceptors (Lipinski definition) is 5. The van der Waals surface area contributed by atoms with E-state index in [0.29, 0.717) is 17.3 Å². The van der Waals surface area contributed by atoms with Crippen LogP contribution in [0.4, 0.5) is 13.2 Å². The summed E-state index contributed by atoms with van der Waals surface area (Å²) in [5, 5.41) is 2.86. The maximum Gasteiger partial charge on any atom is 0.406 e. The summed E-state index contributed by atoms with van der Waals surface area (Å²) in [5.74, 6) is -0.497. The summed E-state index contributed by atoms with van der Waals surface area (Å²) >= 11 is 6.42. The first-order valence-electron chi connectivity index (χ1n) is 10.9. The van der Waals surface area contributed by atoms with Crippen LogP contribution in [0.25, 0.3) is 0 Å². The third-order valence-electron chi connectivity index (χ3n) is 5.50. The van der Waals surface area contributed by atoms with Crippen LogP contribution in [0, 0.1) is 0 Å². The molecule has 0 spiro atoms. The van der Waals surface area contributed by atoms with Crippen LogP contribution in [-0.4, -0.2) is 67.4 Å². The standard InChI is InChI=1S/C22H28ClF3N2O5/c1-13(27-14(2)29)11-32-15-3-5-16(6-4-15)33-18-8-7-17-20(19(18)23)31-10-9-28(21(17)30)12-22(24,25)26/h7-8,13,15-16H,3-6,9-12H2,1-2H3,(H,27,29)/t13-,15-,16-/m0/s1. The predicted molar refractivity (Wildman–Crippen MR) is 115 cm³/mol. The van der Waals surface area contributed by atoms with Crippen LogP contribution in [-0.2, 0) is 9.53 Å².